The predicted molar refractivity (Wildman–Crippen MR) is 146 cm³/mol. The molecule has 0 radical (unpaired) electrons. The minimum absolute atomic E-state index is 0.0578. The van der Waals surface area contributed by atoms with Crippen molar-refractivity contribution in [2.24, 2.45) is 16.6 Å². The molecule has 0 spiro atoms. The summed E-state index contributed by atoms with van der Waals surface area (Å²) in [6, 6.07) is 6.13. The first-order valence-corrected chi connectivity index (χ1v) is 13.1. The van der Waals surface area contributed by atoms with Crippen LogP contribution in [0.15, 0.2) is 65.0 Å². The zero-order valence-corrected chi connectivity index (χ0v) is 21.3. The Kier molecular flexibility index (Phi) is 7.74. The van der Waals surface area contributed by atoms with Gasteiger partial charge in [-0.2, -0.15) is 0 Å². The van der Waals surface area contributed by atoms with E-state index in [1.54, 1.807) is 40.0 Å². The number of nitrogens with one attached hydrogen (secondary N) is 1. The maximum Gasteiger partial charge on any atom is 0.254 e. The van der Waals surface area contributed by atoms with Gasteiger partial charge >= 0.3 is 0 Å². The lowest BCUT2D eigenvalue weighted by Crippen LogP contribution is -2.47. The summed E-state index contributed by atoms with van der Waals surface area (Å²) < 4.78 is 3.36. The molecule has 3 aromatic heterocycles. The molecule has 0 bridgehead atoms. The van der Waals surface area contributed by atoms with Gasteiger partial charge in [-0.25, -0.2) is 4.68 Å². The second-order valence-electron chi connectivity index (χ2n) is 9.93. The first-order valence-electron chi connectivity index (χ1n) is 13.1. The van der Waals surface area contributed by atoms with E-state index >= 15 is 0 Å². The zero-order chi connectivity index (χ0) is 25.6. The van der Waals surface area contributed by atoms with Crippen LogP contribution >= 0.6 is 0 Å². The van der Waals surface area contributed by atoms with Gasteiger partial charge in [0.15, 0.2) is 0 Å². The number of aliphatic imine (C=N–C) groups is 1. The molecule has 37 heavy (non-hydrogen) atoms. The van der Waals surface area contributed by atoms with Crippen LogP contribution in [0, 0.1) is 5.92 Å². The summed E-state index contributed by atoms with van der Waals surface area (Å²) >= 11 is 0. The number of piperidine rings is 1. The van der Waals surface area contributed by atoms with Gasteiger partial charge in [0.05, 0.1) is 18.1 Å². The van der Waals surface area contributed by atoms with Gasteiger partial charge in [0, 0.05) is 55.1 Å². The highest BCUT2D eigenvalue weighted by molar-refractivity contribution is 5.75. The highest BCUT2D eigenvalue weighted by Crippen LogP contribution is 2.26. The molecule has 1 unspecified atom stereocenters. The maximum atomic E-state index is 13.1. The Morgan fingerprint density at radius 2 is 2.14 bits per heavy atom. The minimum Gasteiger partial charge on any atom is -0.405 e. The maximum absolute atomic E-state index is 13.1. The molecule has 0 amide bonds. The first-order chi connectivity index (χ1) is 18.1. The smallest absolute Gasteiger partial charge is 0.254 e. The van der Waals surface area contributed by atoms with Crippen molar-refractivity contribution in [2.45, 2.75) is 51.2 Å². The number of nitrogens with two attached hydrogens (primary N) is 1. The van der Waals surface area contributed by atoms with E-state index in [-0.39, 0.29) is 11.7 Å². The van der Waals surface area contributed by atoms with Gasteiger partial charge in [-0.1, -0.05) is 11.6 Å². The van der Waals surface area contributed by atoms with Crippen molar-refractivity contribution in [3.05, 3.63) is 65.6 Å². The molecule has 2 atom stereocenters. The van der Waals surface area contributed by atoms with Gasteiger partial charge in [0.2, 0.25) is 0 Å². The Morgan fingerprint density at radius 1 is 1.24 bits per heavy atom. The van der Waals surface area contributed by atoms with Crippen LogP contribution in [0.3, 0.4) is 0 Å². The first kappa shape index (κ1) is 24.9. The van der Waals surface area contributed by atoms with Crippen molar-refractivity contribution in [3.8, 4) is 11.3 Å². The van der Waals surface area contributed by atoms with Gasteiger partial charge in [-0.15, -0.1) is 5.10 Å². The Hall–Kier alpha value is -3.79. The third kappa shape index (κ3) is 5.96. The van der Waals surface area contributed by atoms with E-state index in [1.165, 1.54) is 31.9 Å². The normalized spacial score (nSPS) is 19.5. The van der Waals surface area contributed by atoms with Crippen LogP contribution < -0.4 is 21.5 Å². The van der Waals surface area contributed by atoms with Crippen molar-refractivity contribution < 1.29 is 0 Å². The predicted octanol–water partition coefficient (Wildman–Crippen LogP) is 3.10. The van der Waals surface area contributed by atoms with Crippen molar-refractivity contribution in [1.29, 1.82) is 0 Å². The van der Waals surface area contributed by atoms with Crippen LogP contribution in [0.25, 0.3) is 11.3 Å². The monoisotopic (exact) mass is 501 g/mol. The molecule has 10 heteroatoms. The van der Waals surface area contributed by atoms with Crippen LogP contribution in [0.5, 0.6) is 0 Å². The molecule has 3 aromatic rings. The van der Waals surface area contributed by atoms with Crippen LogP contribution in [0.2, 0.25) is 0 Å². The molecule has 2 fully saturated rings. The summed E-state index contributed by atoms with van der Waals surface area (Å²) in [6.07, 6.45) is 17.8. The number of aromatic nitrogens is 5. The van der Waals surface area contributed by atoms with Gasteiger partial charge in [0.25, 0.3) is 5.56 Å². The summed E-state index contributed by atoms with van der Waals surface area (Å²) in [5, 5.41) is 12.3. The second kappa shape index (κ2) is 11.5. The lowest BCUT2D eigenvalue weighted by Gasteiger charge is -2.36. The highest BCUT2D eigenvalue weighted by Gasteiger charge is 2.23. The lowest BCUT2D eigenvalue weighted by atomic mass is 9.85. The molecule has 1 aliphatic carbocycles. The zero-order valence-electron chi connectivity index (χ0n) is 21.3. The van der Waals surface area contributed by atoms with Gasteiger partial charge in [-0.05, 0) is 69.5 Å². The van der Waals surface area contributed by atoms with Crippen LogP contribution in [-0.2, 0) is 0 Å². The number of hydrogen-bond acceptors (Lipinski definition) is 8. The quantitative estimate of drug-likeness (QED) is 0.432. The van der Waals surface area contributed by atoms with Crippen LogP contribution in [-0.4, -0.2) is 56.4 Å². The van der Waals surface area contributed by atoms with Crippen molar-refractivity contribution >= 4 is 17.6 Å². The summed E-state index contributed by atoms with van der Waals surface area (Å²) in [7, 11) is 0. The number of hydrogen-bond donors (Lipinski definition) is 2. The summed E-state index contributed by atoms with van der Waals surface area (Å²) in [4.78, 5) is 24.0. The highest BCUT2D eigenvalue weighted by atomic mass is 16.1. The number of nitrogens with zero attached hydrogens (tertiary/aromatic N) is 7. The van der Waals surface area contributed by atoms with E-state index in [9.17, 15) is 4.79 Å². The second-order valence-corrected chi connectivity index (χ2v) is 9.93. The molecule has 1 aliphatic heterocycles. The van der Waals surface area contributed by atoms with E-state index in [1.807, 2.05) is 31.5 Å². The molecule has 1 saturated carbocycles. The van der Waals surface area contributed by atoms with Gasteiger partial charge in [-0.3, -0.25) is 19.3 Å². The van der Waals surface area contributed by atoms with Gasteiger partial charge < -0.3 is 16.0 Å². The van der Waals surface area contributed by atoms with Crippen LogP contribution in [0.1, 0.15) is 45.2 Å². The van der Waals surface area contributed by atoms with Crippen LogP contribution in [0.4, 0.5) is 11.4 Å². The molecular formula is C27H35N9O. The van der Waals surface area contributed by atoms with Crippen molar-refractivity contribution in [1.82, 2.24) is 29.9 Å². The SMILES string of the molecule is CC(n1cc(-c2cncc(N=C/C=C\N)c2)nn1)n1ccc(N2CCC[C@@H](NCC3CCC3)C2)cc1=O. The number of rotatable bonds is 9. The molecule has 5 rings (SSSR count). The summed E-state index contributed by atoms with van der Waals surface area (Å²) in [6.45, 7) is 4.97. The third-order valence-electron chi connectivity index (χ3n) is 7.37. The standard InChI is InChI=1S/C27H35N9O/c1-20(36-19-26(32-33-36)22-13-24(17-29-16-22)30-10-4-9-28)35-12-8-25(14-27(35)37)34-11-3-7-23(18-34)31-15-21-5-2-6-21/h4,8-10,12-14,16-17,19-21,23,31H,2-3,5-7,11,15,18,28H2,1H3/b9-4-,30-10?/t20?,23-/m1/s1. The number of allylic oxidation sites excluding steroid dienone is 1. The van der Waals surface area contributed by atoms with Gasteiger partial charge in [0.1, 0.15) is 11.9 Å². The average molecular weight is 502 g/mol. The molecular weight excluding hydrogens is 466 g/mol. The van der Waals surface area contributed by atoms with Crippen molar-refractivity contribution in [3.63, 3.8) is 0 Å². The molecule has 10 nitrogen and oxygen atoms in total. The molecule has 0 aromatic carbocycles. The number of anilines is 1. The molecule has 1 saturated heterocycles. The van der Waals surface area contributed by atoms with E-state index < -0.39 is 0 Å². The fraction of sp³-hybridized carbons (Fsp3) is 0.444. The average Bonchev–Trinajstić information content (AvgIpc) is 3.39. The summed E-state index contributed by atoms with van der Waals surface area (Å²) in [5.74, 6) is 0.852. The van der Waals surface area contributed by atoms with E-state index in [4.69, 9.17) is 5.73 Å². The van der Waals surface area contributed by atoms with E-state index in [2.05, 4.69) is 30.5 Å². The molecule has 2 aliphatic rings. The largest absolute Gasteiger partial charge is 0.405 e. The topological polar surface area (TPSA) is 119 Å². The molecule has 194 valence electrons. The fourth-order valence-corrected chi connectivity index (χ4v) is 4.93. The van der Waals surface area contributed by atoms with E-state index in [0.717, 1.165) is 43.2 Å². The fourth-order valence-electron chi connectivity index (χ4n) is 4.93. The Labute approximate surface area is 216 Å². The summed E-state index contributed by atoms with van der Waals surface area (Å²) in [5.41, 5.74) is 8.40. The van der Waals surface area contributed by atoms with Crippen molar-refractivity contribution in [2.75, 3.05) is 24.5 Å². The number of pyridine rings is 2. The Bertz CT molecular complexity index is 1310. The lowest BCUT2D eigenvalue weighted by molar-refractivity contribution is 0.280. The Morgan fingerprint density at radius 3 is 2.92 bits per heavy atom. The minimum atomic E-state index is -0.329. The molecule has 3 N–H and O–H groups in total. The molecule has 4 heterocycles. The third-order valence-corrected chi connectivity index (χ3v) is 7.37. The Balaban J connectivity index is 1.26. The van der Waals surface area contributed by atoms with E-state index in [0.29, 0.717) is 17.4 Å².